The Kier molecular flexibility index (Phi) is 7.98. The van der Waals surface area contributed by atoms with Crippen molar-refractivity contribution in [2.45, 2.75) is 70.6 Å². The maximum atomic E-state index is 12.8. The Morgan fingerprint density at radius 3 is 2.35 bits per heavy atom. The number of aromatic nitrogens is 2. The van der Waals surface area contributed by atoms with Crippen molar-refractivity contribution in [1.29, 1.82) is 5.26 Å². The minimum absolute atomic E-state index is 0.185. The number of carbonyl (C=O) groups excluding carboxylic acids is 1. The minimum Gasteiger partial charge on any atom is -0.444 e. The number of likely N-dealkylation sites (tertiary alicyclic amines) is 1. The molecular formula is C36H40N4O3. The molecule has 1 aliphatic heterocycles. The zero-order valence-corrected chi connectivity index (χ0v) is 25.4. The van der Waals surface area contributed by atoms with E-state index in [1.165, 1.54) is 18.4 Å². The highest BCUT2D eigenvalue weighted by Gasteiger charge is 2.39. The van der Waals surface area contributed by atoms with Gasteiger partial charge in [0, 0.05) is 25.0 Å². The maximum Gasteiger partial charge on any atom is 0.410 e. The fourth-order valence-electron chi connectivity index (χ4n) is 6.06. The zero-order chi connectivity index (χ0) is 30.0. The molecule has 2 fully saturated rings. The van der Waals surface area contributed by atoms with E-state index < -0.39 is 5.60 Å². The second kappa shape index (κ2) is 11.9. The number of rotatable bonds is 8. The van der Waals surface area contributed by atoms with Crippen molar-refractivity contribution in [1.82, 2.24) is 14.5 Å². The van der Waals surface area contributed by atoms with Crippen molar-refractivity contribution < 1.29 is 14.3 Å². The number of ether oxygens (including phenoxy) is 2. The number of hydrogen-bond donors (Lipinski definition) is 0. The Morgan fingerprint density at radius 2 is 1.70 bits per heavy atom. The maximum absolute atomic E-state index is 12.8. The molecule has 1 aliphatic carbocycles. The van der Waals surface area contributed by atoms with Gasteiger partial charge in [0.15, 0.2) is 0 Å². The van der Waals surface area contributed by atoms with Crippen molar-refractivity contribution in [3.8, 4) is 17.2 Å². The number of carbonyl (C=O) groups is 1. The van der Waals surface area contributed by atoms with Crippen molar-refractivity contribution in [3.63, 3.8) is 0 Å². The van der Waals surface area contributed by atoms with Crippen molar-refractivity contribution >= 4 is 17.1 Å². The van der Waals surface area contributed by atoms with Crippen LogP contribution < -0.4 is 0 Å². The number of imidazole rings is 1. The van der Waals surface area contributed by atoms with Gasteiger partial charge in [-0.25, -0.2) is 9.78 Å². The van der Waals surface area contributed by atoms with Crippen molar-refractivity contribution in [3.05, 3.63) is 89.7 Å². The van der Waals surface area contributed by atoms with E-state index in [9.17, 15) is 4.79 Å². The van der Waals surface area contributed by atoms with E-state index >= 15 is 0 Å². The van der Waals surface area contributed by atoms with Gasteiger partial charge in [0.05, 0.1) is 29.3 Å². The lowest BCUT2D eigenvalue weighted by Crippen LogP contribution is -2.48. The molecule has 0 spiro atoms. The van der Waals surface area contributed by atoms with E-state index in [1.54, 1.807) is 0 Å². The molecule has 3 aromatic carbocycles. The van der Waals surface area contributed by atoms with Crippen LogP contribution in [0.2, 0.25) is 0 Å². The van der Waals surface area contributed by atoms with Crippen LogP contribution in [-0.2, 0) is 28.0 Å². The van der Waals surface area contributed by atoms with Crippen LogP contribution in [0.15, 0.2) is 72.8 Å². The summed E-state index contributed by atoms with van der Waals surface area (Å²) in [5.74, 6) is 1.65. The van der Waals surface area contributed by atoms with Crippen LogP contribution in [0.25, 0.3) is 22.2 Å². The standard InChI is InChI=1S/C36H40N4O3/c1-35(2,3)43-34(41)39-19-17-36(18-20-39,30-7-5-4-6-8-30)25-42-24-33-38-31-21-29(28-13-11-26(22-37)12-14-28)15-16-32(31)40(33)23-27-9-10-27/h4-8,11-16,21,27H,9-10,17-20,23-25H2,1-3H3. The third-order valence-corrected chi connectivity index (χ3v) is 8.68. The molecular weight excluding hydrogens is 536 g/mol. The normalized spacial score (nSPS) is 16.7. The van der Waals surface area contributed by atoms with Gasteiger partial charge in [-0.3, -0.25) is 0 Å². The fourth-order valence-corrected chi connectivity index (χ4v) is 6.06. The first-order valence-electron chi connectivity index (χ1n) is 15.3. The van der Waals surface area contributed by atoms with Gasteiger partial charge in [-0.1, -0.05) is 48.5 Å². The van der Waals surface area contributed by atoms with Gasteiger partial charge in [0.2, 0.25) is 0 Å². The van der Waals surface area contributed by atoms with E-state index in [-0.39, 0.29) is 11.5 Å². The van der Waals surface area contributed by atoms with Gasteiger partial charge in [-0.05, 0) is 93.3 Å². The first kappa shape index (κ1) is 28.9. The van der Waals surface area contributed by atoms with Crippen molar-refractivity contribution in [2.24, 2.45) is 5.92 Å². The third kappa shape index (κ3) is 6.60. The van der Waals surface area contributed by atoms with Gasteiger partial charge >= 0.3 is 6.09 Å². The van der Waals surface area contributed by atoms with Crippen LogP contribution in [0.5, 0.6) is 0 Å². The Bertz CT molecular complexity index is 1620. The van der Waals surface area contributed by atoms with E-state index in [1.807, 2.05) is 56.0 Å². The van der Waals surface area contributed by atoms with E-state index in [4.69, 9.17) is 19.7 Å². The van der Waals surface area contributed by atoms with E-state index in [0.29, 0.717) is 37.8 Å². The SMILES string of the molecule is CC(C)(C)OC(=O)N1CCC(COCc2nc3cc(-c4ccc(C#N)cc4)ccc3n2CC2CC2)(c2ccccc2)CC1. The summed E-state index contributed by atoms with van der Waals surface area (Å²) >= 11 is 0. The number of benzene rings is 3. The Morgan fingerprint density at radius 1 is 1.00 bits per heavy atom. The molecule has 43 heavy (non-hydrogen) atoms. The summed E-state index contributed by atoms with van der Waals surface area (Å²) < 4.78 is 14.5. The second-order valence-corrected chi connectivity index (χ2v) is 13.1. The summed E-state index contributed by atoms with van der Waals surface area (Å²) in [6, 6.07) is 26.9. The van der Waals surface area contributed by atoms with Crippen molar-refractivity contribution in [2.75, 3.05) is 19.7 Å². The predicted octanol–water partition coefficient (Wildman–Crippen LogP) is 7.47. The predicted molar refractivity (Wildman–Crippen MR) is 167 cm³/mol. The Labute approximate surface area is 254 Å². The summed E-state index contributed by atoms with van der Waals surface area (Å²) in [5.41, 5.74) is 5.45. The van der Waals surface area contributed by atoms with Crippen LogP contribution in [0.4, 0.5) is 4.79 Å². The molecule has 0 unspecified atom stereocenters. The smallest absolute Gasteiger partial charge is 0.410 e. The average Bonchev–Trinajstić information content (AvgIpc) is 3.77. The zero-order valence-electron chi connectivity index (χ0n) is 25.4. The molecule has 0 N–H and O–H groups in total. The molecule has 7 nitrogen and oxygen atoms in total. The largest absolute Gasteiger partial charge is 0.444 e. The lowest BCUT2D eigenvalue weighted by Gasteiger charge is -2.42. The first-order chi connectivity index (χ1) is 20.7. The molecule has 1 saturated carbocycles. The van der Waals surface area contributed by atoms with Gasteiger partial charge in [-0.15, -0.1) is 0 Å². The highest BCUT2D eigenvalue weighted by molar-refractivity contribution is 5.82. The van der Waals surface area contributed by atoms with Crippen LogP contribution >= 0.6 is 0 Å². The molecule has 0 atom stereocenters. The Balaban J connectivity index is 1.21. The van der Waals surface area contributed by atoms with Gasteiger partial charge < -0.3 is 18.9 Å². The number of nitrogens with zero attached hydrogens (tertiary/aromatic N) is 4. The number of nitriles is 1. The van der Waals surface area contributed by atoms with Gasteiger partial charge in [0.1, 0.15) is 18.0 Å². The first-order valence-corrected chi connectivity index (χ1v) is 15.3. The molecule has 1 amide bonds. The topological polar surface area (TPSA) is 80.4 Å². The number of fused-ring (bicyclic) bond motifs is 1. The summed E-state index contributed by atoms with van der Waals surface area (Å²) in [7, 11) is 0. The number of hydrogen-bond acceptors (Lipinski definition) is 5. The van der Waals surface area contributed by atoms with E-state index in [2.05, 4.69) is 53.1 Å². The molecule has 0 bridgehead atoms. The van der Waals surface area contributed by atoms with Crippen LogP contribution in [-0.4, -0.2) is 45.8 Å². The van der Waals surface area contributed by atoms with Gasteiger partial charge in [-0.2, -0.15) is 5.26 Å². The summed E-state index contributed by atoms with van der Waals surface area (Å²) in [5, 5.41) is 9.16. The molecule has 1 aromatic heterocycles. The molecule has 222 valence electrons. The van der Waals surface area contributed by atoms with Crippen LogP contribution in [0.3, 0.4) is 0 Å². The summed E-state index contributed by atoms with van der Waals surface area (Å²) in [6.07, 6.45) is 3.89. The average molecular weight is 577 g/mol. The summed E-state index contributed by atoms with van der Waals surface area (Å²) in [6.45, 7) is 8.92. The molecule has 0 radical (unpaired) electrons. The third-order valence-electron chi connectivity index (χ3n) is 8.68. The highest BCUT2D eigenvalue weighted by Crippen LogP contribution is 2.37. The monoisotopic (exact) mass is 576 g/mol. The molecule has 6 rings (SSSR count). The molecule has 2 aliphatic rings. The second-order valence-electron chi connectivity index (χ2n) is 13.1. The van der Waals surface area contributed by atoms with E-state index in [0.717, 1.165) is 47.4 Å². The van der Waals surface area contributed by atoms with Crippen LogP contribution in [0.1, 0.15) is 63.4 Å². The Hall–Kier alpha value is -4.15. The minimum atomic E-state index is -0.511. The molecule has 1 saturated heterocycles. The lowest BCUT2D eigenvalue weighted by atomic mass is 9.73. The summed E-state index contributed by atoms with van der Waals surface area (Å²) in [4.78, 5) is 19.7. The van der Waals surface area contributed by atoms with Gasteiger partial charge in [0.25, 0.3) is 0 Å². The fraction of sp³-hybridized carbons (Fsp3) is 0.417. The molecule has 2 heterocycles. The number of amides is 1. The quantitative estimate of drug-likeness (QED) is 0.217. The lowest BCUT2D eigenvalue weighted by molar-refractivity contribution is 0.00242. The molecule has 4 aromatic rings. The highest BCUT2D eigenvalue weighted by atomic mass is 16.6. The van der Waals surface area contributed by atoms with Crippen LogP contribution in [0, 0.1) is 17.2 Å². The molecule has 7 heteroatoms. The number of piperidine rings is 1.